The van der Waals surface area contributed by atoms with Gasteiger partial charge in [0.1, 0.15) is 23.6 Å². The van der Waals surface area contributed by atoms with Crippen molar-refractivity contribution < 1.29 is 14.0 Å². The maximum Gasteiger partial charge on any atom is 0.254 e. The molecule has 9 heteroatoms. The lowest BCUT2D eigenvalue weighted by molar-refractivity contribution is -0.112. The zero-order chi connectivity index (χ0) is 27.8. The van der Waals surface area contributed by atoms with Gasteiger partial charge in [0.15, 0.2) is 0 Å². The van der Waals surface area contributed by atoms with E-state index < -0.39 is 5.82 Å². The van der Waals surface area contributed by atoms with E-state index >= 15 is 4.39 Å². The van der Waals surface area contributed by atoms with Gasteiger partial charge in [-0.1, -0.05) is 18.7 Å². The van der Waals surface area contributed by atoms with Crippen LogP contribution >= 0.6 is 0 Å². The average molecular weight is 527 g/mol. The first-order valence-corrected chi connectivity index (χ1v) is 12.9. The average Bonchev–Trinajstić information content (AvgIpc) is 3.22. The number of nitrogens with two attached hydrogens (primary N) is 1. The third-order valence-electron chi connectivity index (χ3n) is 7.35. The van der Waals surface area contributed by atoms with Gasteiger partial charge in [-0.05, 0) is 69.0 Å². The van der Waals surface area contributed by atoms with Gasteiger partial charge < -0.3 is 20.5 Å². The van der Waals surface area contributed by atoms with E-state index in [0.29, 0.717) is 44.7 Å². The normalized spacial score (nSPS) is 15.4. The second-order valence-electron chi connectivity index (χ2n) is 10.1. The van der Waals surface area contributed by atoms with Crippen LogP contribution in [0.2, 0.25) is 0 Å². The minimum absolute atomic E-state index is 0.00758. The minimum atomic E-state index is -0.529. The van der Waals surface area contributed by atoms with Crippen LogP contribution in [0, 0.1) is 5.82 Å². The number of fused-ring (bicyclic) bond motifs is 1. The summed E-state index contributed by atoms with van der Waals surface area (Å²) in [7, 11) is 1.79. The van der Waals surface area contributed by atoms with Gasteiger partial charge >= 0.3 is 0 Å². The third kappa shape index (κ3) is 4.76. The Hall–Kier alpha value is -4.53. The Bertz CT molecular complexity index is 1610. The molecule has 39 heavy (non-hydrogen) atoms. The number of likely N-dealkylation sites (tertiary alicyclic amines) is 1. The number of nitrogens with one attached hydrogen (secondary N) is 1. The van der Waals surface area contributed by atoms with Gasteiger partial charge in [0.25, 0.3) is 11.8 Å². The zero-order valence-electron chi connectivity index (χ0n) is 22.3. The van der Waals surface area contributed by atoms with E-state index in [2.05, 4.69) is 28.8 Å². The maximum atomic E-state index is 15.6. The van der Waals surface area contributed by atoms with Crippen molar-refractivity contribution in [2.45, 2.75) is 39.2 Å². The van der Waals surface area contributed by atoms with Crippen LogP contribution < -0.4 is 11.1 Å². The number of hydrogen-bond acceptors (Lipinski definition) is 5. The molecule has 2 amide bonds. The number of carbonyl (C=O) groups excluding carboxylic acids is 2. The Morgan fingerprint density at radius 2 is 1.87 bits per heavy atom. The van der Waals surface area contributed by atoms with Gasteiger partial charge in [0.05, 0.1) is 11.1 Å². The quantitative estimate of drug-likeness (QED) is 0.332. The number of aromatic nitrogens is 3. The second-order valence-corrected chi connectivity index (χ2v) is 10.1. The lowest BCUT2D eigenvalue weighted by Crippen LogP contribution is -2.41. The summed E-state index contributed by atoms with van der Waals surface area (Å²) >= 11 is 0. The molecule has 4 aromatic rings. The first kappa shape index (κ1) is 26.1. The second kappa shape index (κ2) is 10.3. The summed E-state index contributed by atoms with van der Waals surface area (Å²) in [6.07, 6.45) is 4.52. The molecule has 0 unspecified atom stereocenters. The van der Waals surface area contributed by atoms with Gasteiger partial charge in [-0.2, -0.15) is 0 Å². The highest BCUT2D eigenvalue weighted by molar-refractivity contribution is 6.08. The molecule has 1 fully saturated rings. The van der Waals surface area contributed by atoms with Crippen LogP contribution in [-0.2, 0) is 11.8 Å². The summed E-state index contributed by atoms with van der Waals surface area (Å²) in [5.74, 6) is -0.638. The minimum Gasteiger partial charge on any atom is -0.383 e. The molecule has 8 nitrogen and oxygen atoms in total. The Morgan fingerprint density at radius 1 is 1.13 bits per heavy atom. The molecule has 3 heterocycles. The number of benzene rings is 2. The molecule has 2 aromatic carbocycles. The fourth-order valence-electron chi connectivity index (χ4n) is 5.24. The molecule has 2 aromatic heterocycles. The maximum absolute atomic E-state index is 15.6. The van der Waals surface area contributed by atoms with Crippen molar-refractivity contribution in [2.75, 3.05) is 17.6 Å². The topological polar surface area (TPSA) is 106 Å². The summed E-state index contributed by atoms with van der Waals surface area (Å²) in [6.45, 7) is 8.04. The van der Waals surface area contributed by atoms with Crippen molar-refractivity contribution in [1.82, 2.24) is 19.4 Å². The van der Waals surface area contributed by atoms with Gasteiger partial charge in [0, 0.05) is 47.6 Å². The molecule has 1 aliphatic heterocycles. The van der Waals surface area contributed by atoms with Crippen LogP contribution in [0.25, 0.3) is 33.4 Å². The number of rotatable bonds is 5. The number of halogens is 1. The highest BCUT2D eigenvalue weighted by Gasteiger charge is 2.26. The van der Waals surface area contributed by atoms with Crippen LogP contribution in [0.3, 0.4) is 0 Å². The number of amides is 2. The monoisotopic (exact) mass is 526 g/mol. The summed E-state index contributed by atoms with van der Waals surface area (Å²) in [5, 5.41) is 3.24. The smallest absolute Gasteiger partial charge is 0.254 e. The number of aryl methyl sites for hydroxylation is 1. The van der Waals surface area contributed by atoms with Gasteiger partial charge in [-0.15, -0.1) is 0 Å². The first-order valence-electron chi connectivity index (χ1n) is 12.9. The van der Waals surface area contributed by atoms with E-state index in [4.69, 9.17) is 5.73 Å². The van der Waals surface area contributed by atoms with E-state index in [9.17, 15) is 9.59 Å². The lowest BCUT2D eigenvalue weighted by Gasteiger charge is -2.33. The van der Waals surface area contributed by atoms with Crippen molar-refractivity contribution in [3.63, 3.8) is 0 Å². The molecule has 3 N–H and O–H groups in total. The van der Waals surface area contributed by atoms with Crippen LogP contribution in [-0.4, -0.2) is 43.8 Å². The molecule has 5 rings (SSSR count). The Balaban J connectivity index is 1.61. The van der Waals surface area contributed by atoms with Crippen LogP contribution in [0.5, 0.6) is 0 Å². The van der Waals surface area contributed by atoms with E-state index in [1.54, 1.807) is 42.8 Å². The van der Waals surface area contributed by atoms with Gasteiger partial charge in [-0.3, -0.25) is 9.59 Å². The Labute approximate surface area is 226 Å². The summed E-state index contributed by atoms with van der Waals surface area (Å²) in [5.41, 5.74) is 10.4. The molecular weight excluding hydrogens is 495 g/mol. The van der Waals surface area contributed by atoms with Crippen molar-refractivity contribution in [3.8, 4) is 22.4 Å². The van der Waals surface area contributed by atoms with Crippen molar-refractivity contribution in [2.24, 2.45) is 7.05 Å². The molecule has 1 aliphatic rings. The third-order valence-corrected chi connectivity index (χ3v) is 7.35. The number of piperidine rings is 1. The SMILES string of the molecule is C=C(C)C(=O)Nc1ccc(-c2c(-c3ccc(C(=O)N4CCCC[C@H]4C)cc3)c3c(N)ncnc3n2C)c(F)c1. The van der Waals surface area contributed by atoms with Crippen LogP contribution in [0.4, 0.5) is 15.9 Å². The highest BCUT2D eigenvalue weighted by atomic mass is 19.1. The van der Waals surface area contributed by atoms with E-state index in [1.165, 1.54) is 12.4 Å². The van der Waals surface area contributed by atoms with E-state index in [0.717, 1.165) is 31.4 Å². The number of hydrogen-bond donors (Lipinski definition) is 2. The number of carbonyl (C=O) groups is 2. The largest absolute Gasteiger partial charge is 0.383 e. The van der Waals surface area contributed by atoms with Crippen molar-refractivity contribution in [3.05, 3.63) is 72.3 Å². The summed E-state index contributed by atoms with van der Waals surface area (Å²) in [6, 6.07) is 12.0. The Morgan fingerprint density at radius 3 is 2.54 bits per heavy atom. The Kier molecular flexibility index (Phi) is 6.91. The molecule has 0 radical (unpaired) electrons. The molecule has 200 valence electrons. The fraction of sp³-hybridized carbons (Fsp3) is 0.267. The molecule has 0 bridgehead atoms. The first-order chi connectivity index (χ1) is 18.7. The zero-order valence-corrected chi connectivity index (χ0v) is 22.3. The lowest BCUT2D eigenvalue weighted by atomic mass is 9.96. The number of nitrogens with zero attached hydrogens (tertiary/aromatic N) is 4. The molecule has 1 atom stereocenters. The van der Waals surface area contributed by atoms with E-state index in [-0.39, 0.29) is 23.7 Å². The summed E-state index contributed by atoms with van der Waals surface area (Å²) in [4.78, 5) is 35.8. The van der Waals surface area contributed by atoms with Crippen molar-refractivity contribution >= 4 is 34.4 Å². The molecular formula is C30H31FN6O2. The standard InChI is InChI=1S/C30H31FN6O2/c1-17(2)29(38)35-21-12-13-22(23(31)15-21)26-24(25-27(32)33-16-34-28(25)36(26)4)19-8-10-20(11-9-19)30(39)37-14-6-5-7-18(37)3/h8-13,15-16,18H,1,5-7,14H2,2-4H3,(H,35,38)(H2,32,33,34)/t18-/m1/s1. The van der Waals surface area contributed by atoms with Gasteiger partial charge in [0.2, 0.25) is 0 Å². The van der Waals surface area contributed by atoms with Crippen LogP contribution in [0.1, 0.15) is 43.5 Å². The molecule has 0 aliphatic carbocycles. The number of nitrogen functional groups attached to an aromatic ring is 1. The molecule has 1 saturated heterocycles. The van der Waals surface area contributed by atoms with Crippen LogP contribution in [0.15, 0.2) is 60.9 Å². The summed E-state index contributed by atoms with van der Waals surface area (Å²) < 4.78 is 17.4. The number of anilines is 2. The fourth-order valence-corrected chi connectivity index (χ4v) is 5.24. The molecule has 0 saturated carbocycles. The molecule has 0 spiro atoms. The predicted octanol–water partition coefficient (Wildman–Crippen LogP) is 5.55. The van der Waals surface area contributed by atoms with E-state index in [1.807, 2.05) is 17.0 Å². The highest BCUT2D eigenvalue weighted by Crippen LogP contribution is 2.42. The van der Waals surface area contributed by atoms with Gasteiger partial charge in [-0.25, -0.2) is 14.4 Å². The van der Waals surface area contributed by atoms with Crippen molar-refractivity contribution in [1.29, 1.82) is 0 Å². The predicted molar refractivity (Wildman–Crippen MR) is 152 cm³/mol.